The van der Waals surface area contributed by atoms with Gasteiger partial charge in [-0.3, -0.25) is 0 Å². The van der Waals surface area contributed by atoms with Crippen molar-refractivity contribution in [3.8, 4) is 0 Å². The van der Waals surface area contributed by atoms with E-state index in [1.807, 2.05) is 0 Å². The van der Waals surface area contributed by atoms with Gasteiger partial charge < -0.3 is 11.5 Å². The van der Waals surface area contributed by atoms with Gasteiger partial charge >= 0.3 is 0 Å². The summed E-state index contributed by atoms with van der Waals surface area (Å²) in [7, 11) is 0. The van der Waals surface area contributed by atoms with E-state index in [9.17, 15) is 0 Å². The van der Waals surface area contributed by atoms with Crippen LogP contribution in [0.25, 0.3) is 0 Å². The Morgan fingerprint density at radius 2 is 1.83 bits per heavy atom. The molecule has 2 heteroatoms. The molecule has 2 unspecified atom stereocenters. The zero-order valence-corrected chi connectivity index (χ0v) is 8.55. The van der Waals surface area contributed by atoms with Gasteiger partial charge in [0.1, 0.15) is 0 Å². The van der Waals surface area contributed by atoms with Gasteiger partial charge in [-0.15, -0.1) is 0 Å². The van der Waals surface area contributed by atoms with E-state index in [-0.39, 0.29) is 0 Å². The third-order valence-corrected chi connectivity index (χ3v) is 2.55. The predicted octanol–water partition coefficient (Wildman–Crippen LogP) is 1.88. The van der Waals surface area contributed by atoms with E-state index in [4.69, 9.17) is 11.5 Å². The first-order valence-corrected chi connectivity index (χ1v) is 5.20. The van der Waals surface area contributed by atoms with Gasteiger partial charge in [-0.25, -0.2) is 0 Å². The lowest BCUT2D eigenvalue weighted by molar-refractivity contribution is 0.383. The summed E-state index contributed by atoms with van der Waals surface area (Å²) in [6.45, 7) is 5.21. The van der Waals surface area contributed by atoms with Crippen molar-refractivity contribution in [1.29, 1.82) is 0 Å². The van der Waals surface area contributed by atoms with E-state index in [0.29, 0.717) is 6.04 Å². The van der Waals surface area contributed by atoms with Crippen LogP contribution in [0, 0.1) is 5.92 Å². The lowest BCUT2D eigenvalue weighted by Gasteiger charge is -2.18. The average molecular weight is 172 g/mol. The van der Waals surface area contributed by atoms with Gasteiger partial charge in [0, 0.05) is 6.04 Å². The normalized spacial score (nSPS) is 16.0. The highest BCUT2D eigenvalue weighted by Gasteiger charge is 2.09. The van der Waals surface area contributed by atoms with E-state index in [0.717, 1.165) is 25.3 Å². The van der Waals surface area contributed by atoms with Gasteiger partial charge in [-0.1, -0.05) is 20.3 Å². The SMILES string of the molecule is CCC(N)CC(CC)CCCN. The quantitative estimate of drug-likeness (QED) is 0.616. The Morgan fingerprint density at radius 3 is 2.25 bits per heavy atom. The van der Waals surface area contributed by atoms with Gasteiger partial charge in [-0.05, 0) is 38.1 Å². The molecule has 2 nitrogen and oxygen atoms in total. The molecule has 0 aliphatic rings. The van der Waals surface area contributed by atoms with Crippen LogP contribution >= 0.6 is 0 Å². The second kappa shape index (κ2) is 7.56. The van der Waals surface area contributed by atoms with Gasteiger partial charge in [0.05, 0.1) is 0 Å². The van der Waals surface area contributed by atoms with E-state index >= 15 is 0 Å². The molecule has 0 saturated carbocycles. The van der Waals surface area contributed by atoms with E-state index in [1.165, 1.54) is 19.3 Å². The molecule has 0 aromatic rings. The summed E-state index contributed by atoms with van der Waals surface area (Å²) in [5.74, 6) is 0.795. The Bertz CT molecular complexity index is 93.8. The van der Waals surface area contributed by atoms with Crippen LogP contribution in [0.1, 0.15) is 46.0 Å². The fourth-order valence-electron chi connectivity index (χ4n) is 1.49. The third-order valence-electron chi connectivity index (χ3n) is 2.55. The Balaban J connectivity index is 3.51. The van der Waals surface area contributed by atoms with Crippen molar-refractivity contribution >= 4 is 0 Å². The first-order chi connectivity index (χ1) is 5.74. The smallest absolute Gasteiger partial charge is 0.00388 e. The standard InChI is InChI=1S/C10H24N2/c1-3-9(6-5-7-11)8-10(12)4-2/h9-10H,3-8,11-12H2,1-2H3. The third kappa shape index (κ3) is 5.56. The van der Waals surface area contributed by atoms with Crippen LogP contribution in [-0.4, -0.2) is 12.6 Å². The van der Waals surface area contributed by atoms with Gasteiger partial charge in [0.25, 0.3) is 0 Å². The fraction of sp³-hybridized carbons (Fsp3) is 1.00. The van der Waals surface area contributed by atoms with Gasteiger partial charge in [0.2, 0.25) is 0 Å². The first-order valence-electron chi connectivity index (χ1n) is 5.20. The van der Waals surface area contributed by atoms with Crippen LogP contribution in [0.2, 0.25) is 0 Å². The Kier molecular flexibility index (Phi) is 7.51. The molecule has 0 heterocycles. The van der Waals surface area contributed by atoms with Crippen LogP contribution < -0.4 is 11.5 Å². The molecule has 0 amide bonds. The molecular weight excluding hydrogens is 148 g/mol. The molecule has 0 saturated heterocycles. The van der Waals surface area contributed by atoms with Crippen molar-refractivity contribution in [3.05, 3.63) is 0 Å². The van der Waals surface area contributed by atoms with Crippen molar-refractivity contribution in [3.63, 3.8) is 0 Å². The maximum Gasteiger partial charge on any atom is 0.00388 e. The molecule has 0 fully saturated rings. The summed E-state index contributed by atoms with van der Waals surface area (Å²) in [6, 6.07) is 0.396. The van der Waals surface area contributed by atoms with Crippen LogP contribution in [0.4, 0.5) is 0 Å². The monoisotopic (exact) mass is 172 g/mol. The fourth-order valence-corrected chi connectivity index (χ4v) is 1.49. The summed E-state index contributed by atoms with van der Waals surface area (Å²) < 4.78 is 0. The molecule has 0 rings (SSSR count). The summed E-state index contributed by atoms with van der Waals surface area (Å²) in [5.41, 5.74) is 11.4. The lowest BCUT2D eigenvalue weighted by Crippen LogP contribution is -2.22. The highest BCUT2D eigenvalue weighted by molar-refractivity contribution is 4.66. The van der Waals surface area contributed by atoms with E-state index in [2.05, 4.69) is 13.8 Å². The van der Waals surface area contributed by atoms with E-state index < -0.39 is 0 Å². The molecule has 0 spiro atoms. The van der Waals surface area contributed by atoms with Gasteiger partial charge in [-0.2, -0.15) is 0 Å². The van der Waals surface area contributed by atoms with Crippen molar-refractivity contribution in [2.24, 2.45) is 17.4 Å². The second-order valence-electron chi connectivity index (χ2n) is 3.61. The van der Waals surface area contributed by atoms with Crippen LogP contribution in [0.15, 0.2) is 0 Å². The minimum absolute atomic E-state index is 0.396. The minimum Gasteiger partial charge on any atom is -0.330 e. The predicted molar refractivity (Wildman–Crippen MR) is 55.0 cm³/mol. The highest BCUT2D eigenvalue weighted by atomic mass is 14.6. The molecule has 0 aliphatic heterocycles. The Hall–Kier alpha value is -0.0800. The molecule has 0 aromatic heterocycles. The zero-order chi connectivity index (χ0) is 9.40. The molecular formula is C10H24N2. The molecule has 12 heavy (non-hydrogen) atoms. The largest absolute Gasteiger partial charge is 0.330 e. The number of nitrogens with two attached hydrogens (primary N) is 2. The molecule has 74 valence electrons. The first kappa shape index (κ1) is 11.9. The lowest BCUT2D eigenvalue weighted by atomic mass is 9.92. The Labute approximate surface area is 76.7 Å². The molecule has 0 aliphatic carbocycles. The summed E-state index contributed by atoms with van der Waals surface area (Å²) >= 11 is 0. The minimum atomic E-state index is 0.396. The van der Waals surface area contributed by atoms with Crippen molar-refractivity contribution in [1.82, 2.24) is 0 Å². The second-order valence-corrected chi connectivity index (χ2v) is 3.61. The summed E-state index contributed by atoms with van der Waals surface area (Å²) in [5, 5.41) is 0. The van der Waals surface area contributed by atoms with Crippen molar-refractivity contribution in [2.75, 3.05) is 6.54 Å². The maximum absolute atomic E-state index is 5.89. The topological polar surface area (TPSA) is 52.0 Å². The van der Waals surface area contributed by atoms with Crippen LogP contribution in [-0.2, 0) is 0 Å². The van der Waals surface area contributed by atoms with Crippen molar-refractivity contribution < 1.29 is 0 Å². The molecule has 0 aromatic carbocycles. The average Bonchev–Trinajstić information content (AvgIpc) is 2.11. The summed E-state index contributed by atoms with van der Waals surface area (Å²) in [4.78, 5) is 0. The van der Waals surface area contributed by atoms with Gasteiger partial charge in [0.15, 0.2) is 0 Å². The van der Waals surface area contributed by atoms with Crippen LogP contribution in [0.5, 0.6) is 0 Å². The number of hydrogen-bond donors (Lipinski definition) is 2. The zero-order valence-electron chi connectivity index (χ0n) is 8.55. The molecule has 0 bridgehead atoms. The van der Waals surface area contributed by atoms with E-state index in [1.54, 1.807) is 0 Å². The summed E-state index contributed by atoms with van der Waals surface area (Å²) in [6.07, 6.45) is 5.91. The Morgan fingerprint density at radius 1 is 1.17 bits per heavy atom. The molecule has 4 N–H and O–H groups in total. The number of rotatable bonds is 7. The number of hydrogen-bond acceptors (Lipinski definition) is 2. The highest BCUT2D eigenvalue weighted by Crippen LogP contribution is 2.17. The van der Waals surface area contributed by atoms with Crippen molar-refractivity contribution in [2.45, 2.75) is 52.0 Å². The maximum atomic E-state index is 5.89. The van der Waals surface area contributed by atoms with Crippen LogP contribution in [0.3, 0.4) is 0 Å². The molecule has 0 radical (unpaired) electrons. The molecule has 2 atom stereocenters.